The zero-order chi connectivity index (χ0) is 35.6. The molecular weight excluding hydrogens is 728 g/mol. The molecule has 0 aliphatic rings. The first-order valence-electron chi connectivity index (χ1n) is 15.0. The Morgan fingerprint density at radius 3 is 1.49 bits per heavy atom. The third kappa shape index (κ3) is 3.88. The Balaban J connectivity index is 0.000000137. The summed E-state index contributed by atoms with van der Waals surface area (Å²) in [5, 5.41) is 44.3. The van der Waals surface area contributed by atoms with E-state index in [1.165, 1.54) is 42.5 Å². The van der Waals surface area contributed by atoms with Gasteiger partial charge in [-0.3, -0.25) is 9.59 Å². The number of halogens is 1. The molecule has 0 atom stereocenters. The van der Waals surface area contributed by atoms with E-state index in [0.29, 0.717) is 31.6 Å². The van der Waals surface area contributed by atoms with E-state index in [1.54, 1.807) is 24.3 Å². The van der Waals surface area contributed by atoms with Crippen molar-refractivity contribution in [1.29, 1.82) is 0 Å². The highest BCUT2D eigenvalue weighted by Gasteiger charge is 2.27. The van der Waals surface area contributed by atoms with E-state index < -0.39 is 34.0 Å². The fourth-order valence-electron chi connectivity index (χ4n) is 7.02. The van der Waals surface area contributed by atoms with Crippen LogP contribution in [0.3, 0.4) is 0 Å². The van der Waals surface area contributed by atoms with Crippen LogP contribution >= 0.6 is 15.9 Å². The average Bonchev–Trinajstić information content (AvgIpc) is 3.10. The topological polar surface area (TPSA) is 202 Å². The van der Waals surface area contributed by atoms with Crippen LogP contribution in [0, 0.1) is 0 Å². The monoisotopic (exact) mass is 744 g/mol. The van der Waals surface area contributed by atoms with Crippen LogP contribution in [0.4, 0.5) is 0 Å². The van der Waals surface area contributed by atoms with Gasteiger partial charge in [-0.25, -0.2) is 9.59 Å². The molecule has 0 unspecified atom stereocenters. The number of aromatic hydroxyl groups is 4. The van der Waals surface area contributed by atoms with Crippen molar-refractivity contribution >= 4 is 109 Å². The molecular formula is C38H17BrO12. The van der Waals surface area contributed by atoms with Crippen molar-refractivity contribution in [2.75, 3.05) is 0 Å². The Labute approximate surface area is 288 Å². The highest BCUT2D eigenvalue weighted by atomic mass is 79.9. The smallest absolute Gasteiger partial charge is 0.348 e. The minimum Gasteiger partial charge on any atom is -0.506 e. The second-order valence-electron chi connectivity index (χ2n) is 11.7. The van der Waals surface area contributed by atoms with Crippen molar-refractivity contribution in [1.82, 2.24) is 0 Å². The molecule has 0 aliphatic heterocycles. The number of hydrogen-bond donors (Lipinski definition) is 4. The predicted molar refractivity (Wildman–Crippen MR) is 194 cm³/mol. The van der Waals surface area contributed by atoms with E-state index in [4.69, 9.17) is 17.7 Å². The minimum atomic E-state index is -0.758. The predicted octanol–water partition coefficient (Wildman–Crippen LogP) is 7.52. The summed E-state index contributed by atoms with van der Waals surface area (Å²) >= 11 is 3.33. The van der Waals surface area contributed by atoms with Gasteiger partial charge in [0, 0.05) is 36.8 Å². The quantitative estimate of drug-likeness (QED) is 0.0733. The lowest BCUT2D eigenvalue weighted by molar-refractivity contribution is 0.347. The van der Waals surface area contributed by atoms with E-state index in [2.05, 4.69) is 22.5 Å². The van der Waals surface area contributed by atoms with E-state index in [0.717, 1.165) is 0 Å². The summed E-state index contributed by atoms with van der Waals surface area (Å²) in [6.45, 7) is 3.71. The zero-order valence-corrected chi connectivity index (χ0v) is 27.1. The van der Waals surface area contributed by atoms with Crippen molar-refractivity contribution in [3.8, 4) is 23.4 Å². The van der Waals surface area contributed by atoms with Gasteiger partial charge in [0.05, 0.1) is 21.5 Å². The molecule has 13 heteroatoms. The van der Waals surface area contributed by atoms with Crippen LogP contribution in [0.1, 0.15) is 5.56 Å². The molecule has 6 aromatic carbocycles. The average molecular weight is 745 g/mol. The van der Waals surface area contributed by atoms with Gasteiger partial charge in [-0.1, -0.05) is 43.0 Å². The van der Waals surface area contributed by atoms with Gasteiger partial charge in [0.15, 0.2) is 22.0 Å². The first kappa shape index (κ1) is 30.2. The molecule has 4 aromatic heterocycles. The Bertz CT molecular complexity index is 3420. The molecule has 0 saturated heterocycles. The molecule has 248 valence electrons. The Morgan fingerprint density at radius 2 is 0.980 bits per heavy atom. The van der Waals surface area contributed by atoms with Crippen LogP contribution in [0.5, 0.6) is 23.4 Å². The van der Waals surface area contributed by atoms with Gasteiger partial charge in [-0.15, -0.1) is 0 Å². The van der Waals surface area contributed by atoms with Crippen molar-refractivity contribution < 1.29 is 38.1 Å². The summed E-state index contributed by atoms with van der Waals surface area (Å²) in [6, 6.07) is 15.0. The lowest BCUT2D eigenvalue weighted by atomic mass is 9.95. The molecule has 0 spiro atoms. The molecule has 10 aromatic rings. The van der Waals surface area contributed by atoms with E-state index in [9.17, 15) is 39.6 Å². The number of hydrogen-bond acceptors (Lipinski definition) is 12. The van der Waals surface area contributed by atoms with Crippen LogP contribution in [0.15, 0.2) is 109 Å². The van der Waals surface area contributed by atoms with Crippen LogP contribution in [-0.2, 0) is 0 Å². The number of fused-ring (bicyclic) bond motifs is 4. The van der Waals surface area contributed by atoms with Gasteiger partial charge in [-0.05, 0) is 51.8 Å². The van der Waals surface area contributed by atoms with Crippen LogP contribution < -0.4 is 22.1 Å². The van der Waals surface area contributed by atoms with Crippen molar-refractivity contribution in [2.24, 2.45) is 0 Å². The third-order valence-corrected chi connectivity index (χ3v) is 9.78. The first-order valence-corrected chi connectivity index (χ1v) is 15.8. The largest absolute Gasteiger partial charge is 0.506 e. The lowest BCUT2D eigenvalue weighted by Crippen LogP contribution is -2.06. The van der Waals surface area contributed by atoms with Crippen molar-refractivity contribution in [2.45, 2.75) is 0 Å². The summed E-state index contributed by atoms with van der Waals surface area (Å²) < 4.78 is 22.3. The van der Waals surface area contributed by atoms with E-state index >= 15 is 0 Å². The number of benzene rings is 6. The van der Waals surface area contributed by atoms with Crippen molar-refractivity contribution in [3.05, 3.63) is 119 Å². The van der Waals surface area contributed by atoms with Gasteiger partial charge in [0.2, 0.25) is 0 Å². The van der Waals surface area contributed by atoms with Crippen LogP contribution in [0.25, 0.3) is 93.0 Å². The van der Waals surface area contributed by atoms with Crippen LogP contribution in [0.2, 0.25) is 0 Å². The summed E-state index contributed by atoms with van der Waals surface area (Å²) in [7, 11) is 0. The van der Waals surface area contributed by atoms with Gasteiger partial charge < -0.3 is 38.1 Å². The fraction of sp³-hybridized carbons (Fsp3) is 0. The number of phenolic OH excluding ortho intramolecular Hbond substituents is 2. The molecule has 0 aliphatic carbocycles. The molecule has 12 nitrogen and oxygen atoms in total. The molecule has 0 radical (unpaired) electrons. The maximum absolute atomic E-state index is 12.5. The maximum Gasteiger partial charge on any atom is 0.348 e. The Hall–Kier alpha value is -6.86. The second kappa shape index (κ2) is 10.3. The maximum atomic E-state index is 12.5. The highest BCUT2D eigenvalue weighted by molar-refractivity contribution is 9.10. The molecule has 10 rings (SSSR count). The normalized spacial score (nSPS) is 11.9. The Kier molecular flexibility index (Phi) is 6.12. The van der Waals surface area contributed by atoms with Gasteiger partial charge in [-0.2, -0.15) is 0 Å². The number of phenols is 2. The lowest BCUT2D eigenvalue weighted by Gasteiger charge is -2.14. The Morgan fingerprint density at radius 1 is 0.510 bits per heavy atom. The second-order valence-corrected chi connectivity index (χ2v) is 12.6. The summed E-state index contributed by atoms with van der Waals surface area (Å²) in [6.07, 6.45) is 1.52. The highest BCUT2D eigenvalue weighted by Crippen LogP contribution is 2.47. The van der Waals surface area contributed by atoms with Crippen LogP contribution in [-0.4, -0.2) is 20.4 Å². The van der Waals surface area contributed by atoms with Gasteiger partial charge in [0.25, 0.3) is 11.9 Å². The minimum absolute atomic E-state index is 0.0301. The first-order chi connectivity index (χ1) is 24.5. The summed E-state index contributed by atoms with van der Waals surface area (Å²) in [4.78, 5) is 49.8. The standard InChI is InChI=1S/C20H10O6.C18H7BrO6/c1-2-8-6-7-11-14-12(8)19(23)26-18-13-9(4-3-5-10(13)21)17(22)16(15(14)18)20(24)25-11;19-7-4-5-9-12-11(7)17(22)25-16-10-6(2-1-3-8(10)20)15(21)14(13(12)16)18(23)24-9/h2-7,22-23H,1H2;1-5,21-22H. The molecule has 0 fully saturated rings. The fourth-order valence-corrected chi connectivity index (χ4v) is 7.52. The molecule has 0 amide bonds. The van der Waals surface area contributed by atoms with E-state index in [1.807, 2.05) is 0 Å². The summed E-state index contributed by atoms with van der Waals surface area (Å²) in [5.41, 5.74) is -1.24. The van der Waals surface area contributed by atoms with Crippen molar-refractivity contribution in [3.63, 3.8) is 0 Å². The molecule has 4 heterocycles. The van der Waals surface area contributed by atoms with E-state index in [-0.39, 0.29) is 76.9 Å². The zero-order valence-electron chi connectivity index (χ0n) is 25.5. The SMILES string of the molecule is C=Cc1ccc2oc(=O)c3c(O)c4cccc(=O)c4c4oc(O)c1c2c34.O=c1oc2ccc(Br)c3c(O)oc4c5c(=O)cccc5c(O)c1c4c23. The molecule has 0 bridgehead atoms. The summed E-state index contributed by atoms with van der Waals surface area (Å²) in [5.74, 6) is -1.55. The molecule has 51 heavy (non-hydrogen) atoms. The molecule has 0 saturated carbocycles. The van der Waals surface area contributed by atoms with Gasteiger partial charge in [0.1, 0.15) is 33.4 Å². The molecule has 4 N–H and O–H groups in total. The number of rotatable bonds is 1. The third-order valence-electron chi connectivity index (χ3n) is 9.12. The van der Waals surface area contributed by atoms with Gasteiger partial charge >= 0.3 is 11.3 Å².